The van der Waals surface area contributed by atoms with Crippen LogP contribution in [0.25, 0.3) is 0 Å². The van der Waals surface area contributed by atoms with Crippen molar-refractivity contribution in [3.63, 3.8) is 0 Å². The van der Waals surface area contributed by atoms with Gasteiger partial charge >= 0.3 is 0 Å². The van der Waals surface area contributed by atoms with Crippen LogP contribution in [0.2, 0.25) is 0 Å². The lowest BCUT2D eigenvalue weighted by molar-refractivity contribution is 0.537. The maximum Gasteiger partial charge on any atom is 0.241 e. The molecular weight excluding hydrogens is 260 g/mol. The number of rotatable bonds is 4. The van der Waals surface area contributed by atoms with Crippen LogP contribution in [0.3, 0.4) is 0 Å². The van der Waals surface area contributed by atoms with Gasteiger partial charge < -0.3 is 5.73 Å². The van der Waals surface area contributed by atoms with Crippen LogP contribution in [0, 0.1) is 26.7 Å². The molecule has 0 amide bonds. The molecule has 2 rings (SSSR count). The molecule has 1 aromatic carbocycles. The molecule has 1 aromatic rings. The molecule has 0 bridgehead atoms. The lowest BCUT2D eigenvalue weighted by atomic mass is 10.1. The standard InChI is InChI=1S/C14H22N2O2S/c1-8-7-9(2)14(10(3)13(8)15)19(17,18)16-11(4)12-5-6-12/h7,11-12,16H,5-6,15H2,1-4H3. The summed E-state index contributed by atoms with van der Waals surface area (Å²) in [5.41, 5.74) is 8.84. The van der Waals surface area contributed by atoms with Crippen LogP contribution in [0.15, 0.2) is 11.0 Å². The maximum atomic E-state index is 12.5. The van der Waals surface area contributed by atoms with E-state index in [9.17, 15) is 8.42 Å². The first-order chi connectivity index (χ1) is 8.74. The van der Waals surface area contributed by atoms with Gasteiger partial charge in [-0.15, -0.1) is 0 Å². The number of hydrogen-bond acceptors (Lipinski definition) is 3. The van der Waals surface area contributed by atoms with E-state index in [0.717, 1.165) is 24.0 Å². The Morgan fingerprint density at radius 1 is 1.26 bits per heavy atom. The number of aryl methyl sites for hydroxylation is 2. The molecule has 1 saturated carbocycles. The second-order valence-electron chi connectivity index (χ2n) is 5.63. The summed E-state index contributed by atoms with van der Waals surface area (Å²) in [6, 6.07) is 1.82. The molecular formula is C14H22N2O2S. The molecule has 0 saturated heterocycles. The first-order valence-electron chi connectivity index (χ1n) is 6.62. The second-order valence-corrected chi connectivity index (χ2v) is 7.28. The fraction of sp³-hybridized carbons (Fsp3) is 0.571. The highest BCUT2D eigenvalue weighted by Gasteiger charge is 2.32. The van der Waals surface area contributed by atoms with Gasteiger partial charge in [0, 0.05) is 11.7 Å². The van der Waals surface area contributed by atoms with Gasteiger partial charge in [0.15, 0.2) is 0 Å². The zero-order valence-corrected chi connectivity index (χ0v) is 12.8. The normalized spacial score (nSPS) is 17.5. The van der Waals surface area contributed by atoms with Crippen LogP contribution >= 0.6 is 0 Å². The number of hydrogen-bond donors (Lipinski definition) is 2. The van der Waals surface area contributed by atoms with Crippen molar-refractivity contribution in [3.05, 3.63) is 22.8 Å². The largest absolute Gasteiger partial charge is 0.398 e. The van der Waals surface area contributed by atoms with Crippen molar-refractivity contribution in [2.24, 2.45) is 5.92 Å². The Bertz CT molecular complexity index is 604. The van der Waals surface area contributed by atoms with E-state index in [-0.39, 0.29) is 6.04 Å². The number of nitrogen functional groups attached to an aromatic ring is 1. The number of nitrogens with one attached hydrogen (secondary N) is 1. The van der Waals surface area contributed by atoms with Gasteiger partial charge in [-0.3, -0.25) is 0 Å². The van der Waals surface area contributed by atoms with Gasteiger partial charge in [-0.25, -0.2) is 13.1 Å². The van der Waals surface area contributed by atoms with Crippen molar-refractivity contribution in [2.45, 2.75) is 51.5 Å². The van der Waals surface area contributed by atoms with Crippen molar-refractivity contribution < 1.29 is 8.42 Å². The van der Waals surface area contributed by atoms with Gasteiger partial charge in [-0.05, 0) is 63.1 Å². The SMILES string of the molecule is Cc1cc(C)c(S(=O)(=O)NC(C)C2CC2)c(C)c1N. The highest BCUT2D eigenvalue weighted by molar-refractivity contribution is 7.89. The van der Waals surface area contributed by atoms with Crippen LogP contribution in [0.5, 0.6) is 0 Å². The Morgan fingerprint density at radius 2 is 1.84 bits per heavy atom. The van der Waals surface area contributed by atoms with E-state index in [0.29, 0.717) is 22.1 Å². The molecule has 0 aliphatic heterocycles. The lowest BCUT2D eigenvalue weighted by Crippen LogP contribution is -2.35. The molecule has 0 spiro atoms. The van der Waals surface area contributed by atoms with Crippen LogP contribution in [0.4, 0.5) is 5.69 Å². The highest BCUT2D eigenvalue weighted by Crippen LogP contribution is 2.34. The third kappa shape index (κ3) is 2.77. The van der Waals surface area contributed by atoms with E-state index in [1.165, 1.54) is 0 Å². The molecule has 1 fully saturated rings. The fourth-order valence-corrected chi connectivity index (χ4v) is 4.39. The minimum Gasteiger partial charge on any atom is -0.398 e. The Labute approximate surface area is 115 Å². The average molecular weight is 282 g/mol. The van der Waals surface area contributed by atoms with Gasteiger partial charge in [0.25, 0.3) is 0 Å². The first-order valence-corrected chi connectivity index (χ1v) is 8.11. The predicted octanol–water partition coefficient (Wildman–Crippen LogP) is 2.27. The minimum absolute atomic E-state index is 0.00803. The van der Waals surface area contributed by atoms with E-state index in [1.807, 2.05) is 26.8 Å². The van der Waals surface area contributed by atoms with E-state index in [4.69, 9.17) is 5.73 Å². The van der Waals surface area contributed by atoms with Gasteiger partial charge in [-0.2, -0.15) is 0 Å². The first kappa shape index (κ1) is 14.3. The molecule has 1 atom stereocenters. The number of nitrogens with two attached hydrogens (primary N) is 1. The molecule has 3 N–H and O–H groups in total. The van der Waals surface area contributed by atoms with Gasteiger partial charge in [0.1, 0.15) is 0 Å². The summed E-state index contributed by atoms with van der Waals surface area (Å²) in [7, 11) is -3.50. The Morgan fingerprint density at radius 3 is 2.37 bits per heavy atom. The number of anilines is 1. The summed E-state index contributed by atoms with van der Waals surface area (Å²) in [4.78, 5) is 0.336. The van der Waals surface area contributed by atoms with Crippen molar-refractivity contribution in [3.8, 4) is 0 Å². The topological polar surface area (TPSA) is 72.2 Å². The minimum atomic E-state index is -3.50. The fourth-order valence-electron chi connectivity index (χ4n) is 2.59. The average Bonchev–Trinajstić information content (AvgIpc) is 3.08. The summed E-state index contributed by atoms with van der Waals surface area (Å²) in [6.07, 6.45) is 2.22. The third-order valence-electron chi connectivity index (χ3n) is 3.90. The Hall–Kier alpha value is -1.07. The molecule has 0 radical (unpaired) electrons. The van der Waals surface area contributed by atoms with Crippen LogP contribution < -0.4 is 10.5 Å². The van der Waals surface area contributed by atoms with E-state index in [2.05, 4.69) is 4.72 Å². The van der Waals surface area contributed by atoms with E-state index in [1.54, 1.807) is 6.92 Å². The van der Waals surface area contributed by atoms with Crippen molar-refractivity contribution in [2.75, 3.05) is 5.73 Å². The summed E-state index contributed by atoms with van der Waals surface area (Å²) in [5.74, 6) is 0.484. The van der Waals surface area contributed by atoms with Crippen molar-refractivity contribution >= 4 is 15.7 Å². The summed E-state index contributed by atoms with van der Waals surface area (Å²) < 4.78 is 27.8. The van der Waals surface area contributed by atoms with Crippen LogP contribution in [0.1, 0.15) is 36.5 Å². The monoisotopic (exact) mass is 282 g/mol. The van der Waals surface area contributed by atoms with Crippen LogP contribution in [-0.2, 0) is 10.0 Å². The predicted molar refractivity (Wildman–Crippen MR) is 77.6 cm³/mol. The number of benzene rings is 1. The molecule has 0 heterocycles. The molecule has 5 heteroatoms. The summed E-state index contributed by atoms with van der Waals surface area (Å²) >= 11 is 0. The lowest BCUT2D eigenvalue weighted by Gasteiger charge is -2.18. The molecule has 1 aliphatic carbocycles. The smallest absolute Gasteiger partial charge is 0.241 e. The Kier molecular flexibility index (Phi) is 3.62. The number of sulfonamides is 1. The quantitative estimate of drug-likeness (QED) is 0.832. The van der Waals surface area contributed by atoms with Gasteiger partial charge in [-0.1, -0.05) is 6.07 Å². The van der Waals surface area contributed by atoms with Gasteiger partial charge in [0.05, 0.1) is 4.90 Å². The van der Waals surface area contributed by atoms with E-state index >= 15 is 0 Å². The molecule has 1 aliphatic rings. The summed E-state index contributed by atoms with van der Waals surface area (Å²) in [5, 5.41) is 0. The second kappa shape index (κ2) is 4.80. The van der Waals surface area contributed by atoms with Crippen molar-refractivity contribution in [1.82, 2.24) is 4.72 Å². The van der Waals surface area contributed by atoms with Gasteiger partial charge in [0.2, 0.25) is 10.0 Å². The zero-order chi connectivity index (χ0) is 14.4. The highest BCUT2D eigenvalue weighted by atomic mass is 32.2. The molecule has 106 valence electrons. The molecule has 1 unspecified atom stereocenters. The zero-order valence-electron chi connectivity index (χ0n) is 11.9. The summed E-state index contributed by atoms with van der Waals surface area (Å²) in [6.45, 7) is 7.41. The molecule has 19 heavy (non-hydrogen) atoms. The van der Waals surface area contributed by atoms with Crippen molar-refractivity contribution in [1.29, 1.82) is 0 Å². The maximum absolute atomic E-state index is 12.5. The third-order valence-corrected chi connectivity index (χ3v) is 5.75. The van der Waals surface area contributed by atoms with E-state index < -0.39 is 10.0 Å². The van der Waals surface area contributed by atoms with Crippen LogP contribution in [-0.4, -0.2) is 14.5 Å². The molecule has 0 aromatic heterocycles. The molecule has 4 nitrogen and oxygen atoms in total. The Balaban J connectivity index is 2.42.